The number of allylic oxidation sites excluding steroid dienone is 2. The van der Waals surface area contributed by atoms with Crippen LogP contribution in [0.15, 0.2) is 36.4 Å². The first-order chi connectivity index (χ1) is 12.6. The molecular weight excluding hydrogens is 357 g/mol. The third-order valence-corrected chi connectivity index (χ3v) is 5.78. The average Bonchev–Trinajstić information content (AvgIpc) is 3.26. The van der Waals surface area contributed by atoms with Crippen molar-refractivity contribution in [2.75, 3.05) is 33.0 Å². The van der Waals surface area contributed by atoms with Gasteiger partial charge in [-0.3, -0.25) is 9.05 Å². The highest BCUT2D eigenvalue weighted by molar-refractivity contribution is 7.47. The Hall–Kier alpha value is -1.37. The van der Waals surface area contributed by atoms with Crippen LogP contribution in [-0.2, 0) is 13.6 Å². The van der Waals surface area contributed by atoms with Gasteiger partial charge in [0.1, 0.15) is 13.2 Å². The normalized spacial score (nSPS) is 29.4. The molecule has 0 aromatic heterocycles. The molecule has 0 radical (unpaired) electrons. The molecular formula is C18H26NO6P. The third-order valence-electron chi connectivity index (χ3n) is 4.76. The molecule has 1 saturated carbocycles. The fourth-order valence-electron chi connectivity index (χ4n) is 3.50. The smallest absolute Gasteiger partial charge is 0.472 e. The minimum Gasteiger partial charge on any atom is -0.487 e. The van der Waals surface area contributed by atoms with E-state index in [4.69, 9.17) is 15.2 Å². The Kier molecular flexibility index (Phi) is 6.73. The maximum absolute atomic E-state index is 11.3. The second-order valence-corrected chi connectivity index (χ2v) is 8.01. The molecule has 0 saturated heterocycles. The third kappa shape index (κ3) is 5.32. The van der Waals surface area contributed by atoms with E-state index in [0.29, 0.717) is 11.5 Å². The van der Waals surface area contributed by atoms with Crippen LogP contribution in [0.25, 0.3) is 0 Å². The summed E-state index contributed by atoms with van der Waals surface area (Å²) in [5.41, 5.74) is 5.59. The van der Waals surface area contributed by atoms with Gasteiger partial charge in [-0.25, -0.2) is 4.57 Å². The van der Waals surface area contributed by atoms with Gasteiger partial charge < -0.3 is 20.1 Å². The summed E-state index contributed by atoms with van der Waals surface area (Å²) in [6, 6.07) is 7.14. The number of ether oxygens (including phenoxy) is 2. The minimum atomic E-state index is -3.98. The number of para-hydroxylation sites is 2. The molecule has 0 spiro atoms. The molecule has 3 aliphatic rings. The van der Waals surface area contributed by atoms with Crippen molar-refractivity contribution in [3.05, 3.63) is 36.4 Å². The number of hydrogen-bond donors (Lipinski definition) is 2. The van der Waals surface area contributed by atoms with Gasteiger partial charge in [-0.1, -0.05) is 24.3 Å². The van der Waals surface area contributed by atoms with Crippen LogP contribution in [0.4, 0.5) is 0 Å². The molecule has 144 valence electrons. The first kappa shape index (κ1) is 19.4. The fourth-order valence-corrected chi connectivity index (χ4v) is 4.19. The molecule has 26 heavy (non-hydrogen) atoms. The predicted octanol–water partition coefficient (Wildman–Crippen LogP) is 2.75. The van der Waals surface area contributed by atoms with E-state index in [1.807, 2.05) is 12.1 Å². The van der Waals surface area contributed by atoms with Crippen LogP contribution in [0, 0.1) is 17.8 Å². The largest absolute Gasteiger partial charge is 0.487 e. The quantitative estimate of drug-likeness (QED) is 0.568. The van der Waals surface area contributed by atoms with Crippen LogP contribution in [0.2, 0.25) is 0 Å². The van der Waals surface area contributed by atoms with Crippen LogP contribution in [0.3, 0.4) is 0 Å². The summed E-state index contributed by atoms with van der Waals surface area (Å²) in [5, 5.41) is 0. The van der Waals surface area contributed by atoms with Gasteiger partial charge >= 0.3 is 7.82 Å². The van der Waals surface area contributed by atoms with E-state index in [9.17, 15) is 9.46 Å². The zero-order chi connectivity index (χ0) is 18.4. The number of benzene rings is 1. The van der Waals surface area contributed by atoms with E-state index in [-0.39, 0.29) is 26.4 Å². The molecule has 1 aliphatic heterocycles. The van der Waals surface area contributed by atoms with Gasteiger partial charge in [0.15, 0.2) is 11.5 Å². The number of nitrogens with two attached hydrogens (primary N) is 1. The van der Waals surface area contributed by atoms with Gasteiger partial charge in [0.2, 0.25) is 0 Å². The molecule has 4 rings (SSSR count). The van der Waals surface area contributed by atoms with Crippen molar-refractivity contribution in [3.8, 4) is 11.5 Å². The van der Waals surface area contributed by atoms with E-state index >= 15 is 0 Å². The van der Waals surface area contributed by atoms with Crippen molar-refractivity contribution >= 4 is 7.82 Å². The van der Waals surface area contributed by atoms with Gasteiger partial charge in [-0.15, -0.1) is 0 Å². The summed E-state index contributed by atoms with van der Waals surface area (Å²) in [7, 11) is -3.98. The highest BCUT2D eigenvalue weighted by atomic mass is 31.2. The molecule has 1 aromatic carbocycles. The van der Waals surface area contributed by atoms with E-state index in [1.54, 1.807) is 12.1 Å². The maximum Gasteiger partial charge on any atom is 0.472 e. The van der Waals surface area contributed by atoms with Crippen molar-refractivity contribution in [1.29, 1.82) is 0 Å². The highest BCUT2D eigenvalue weighted by Crippen LogP contribution is 2.43. The Bertz CT molecular complexity index is 632. The standard InChI is InChI=1S/C10H13O6P.C8H13N/c11-17(12)15-7-5-13-9-3-1-2-4-10(9)14-6-8-16-17;9-5-8-4-6-1-2-7(8)3-6/h1-4H,5-8H2,(H,11,12);1-2,6-8H,3-5,9H2. The van der Waals surface area contributed by atoms with E-state index in [1.165, 1.54) is 12.8 Å². The molecule has 3 N–H and O–H groups in total. The van der Waals surface area contributed by atoms with Crippen LogP contribution in [0.5, 0.6) is 11.5 Å². The molecule has 8 heteroatoms. The second kappa shape index (κ2) is 9.02. The molecule has 2 aliphatic carbocycles. The van der Waals surface area contributed by atoms with Crippen LogP contribution in [-0.4, -0.2) is 37.9 Å². The van der Waals surface area contributed by atoms with E-state index in [0.717, 1.165) is 24.3 Å². The Morgan fingerprint density at radius 2 is 1.62 bits per heavy atom. The molecule has 2 bridgehead atoms. The molecule has 1 fully saturated rings. The Balaban J connectivity index is 0.000000181. The van der Waals surface area contributed by atoms with Gasteiger partial charge in [-0.05, 0) is 49.3 Å². The van der Waals surface area contributed by atoms with Crippen molar-refractivity contribution in [1.82, 2.24) is 0 Å². The minimum absolute atomic E-state index is 0.0257. The summed E-state index contributed by atoms with van der Waals surface area (Å²) in [6.07, 6.45) is 7.46. The van der Waals surface area contributed by atoms with Gasteiger partial charge in [-0.2, -0.15) is 0 Å². The SMILES string of the molecule is NCC1CC2C=CC1C2.O=P1(O)OCCOc2ccccc2OCCO1. The fraction of sp³-hybridized carbons (Fsp3) is 0.556. The van der Waals surface area contributed by atoms with E-state index < -0.39 is 7.82 Å². The lowest BCUT2D eigenvalue weighted by Gasteiger charge is -2.14. The van der Waals surface area contributed by atoms with Crippen LogP contribution < -0.4 is 15.2 Å². The first-order valence-electron chi connectivity index (χ1n) is 8.92. The number of phosphoric acid groups is 1. The Morgan fingerprint density at radius 3 is 2.04 bits per heavy atom. The van der Waals surface area contributed by atoms with Gasteiger partial charge in [0.25, 0.3) is 0 Å². The van der Waals surface area contributed by atoms with Crippen molar-refractivity contribution in [3.63, 3.8) is 0 Å². The topological polar surface area (TPSA) is 100 Å². The predicted molar refractivity (Wildman–Crippen MR) is 97.1 cm³/mol. The molecule has 0 amide bonds. The van der Waals surface area contributed by atoms with Crippen molar-refractivity contribution in [2.24, 2.45) is 23.5 Å². The molecule has 1 heterocycles. The molecule has 7 nitrogen and oxygen atoms in total. The number of phosphoric ester groups is 1. The summed E-state index contributed by atoms with van der Waals surface area (Å²) >= 11 is 0. The monoisotopic (exact) mass is 383 g/mol. The maximum atomic E-state index is 11.3. The van der Waals surface area contributed by atoms with E-state index in [2.05, 4.69) is 21.2 Å². The Morgan fingerprint density at radius 1 is 1.00 bits per heavy atom. The molecule has 3 atom stereocenters. The molecule has 3 unspecified atom stereocenters. The second-order valence-electron chi connectivity index (χ2n) is 6.55. The first-order valence-corrected chi connectivity index (χ1v) is 10.4. The average molecular weight is 383 g/mol. The summed E-state index contributed by atoms with van der Waals surface area (Å²) in [6.45, 7) is 1.14. The number of hydrogen-bond acceptors (Lipinski definition) is 6. The van der Waals surface area contributed by atoms with Crippen LogP contribution in [0.1, 0.15) is 12.8 Å². The summed E-state index contributed by atoms with van der Waals surface area (Å²) in [4.78, 5) is 9.21. The number of rotatable bonds is 1. The van der Waals surface area contributed by atoms with Crippen molar-refractivity contribution < 1.29 is 28.0 Å². The Labute approximate surface area is 153 Å². The zero-order valence-corrected chi connectivity index (χ0v) is 15.6. The van der Waals surface area contributed by atoms with Crippen LogP contribution >= 0.6 is 7.82 Å². The highest BCUT2D eigenvalue weighted by Gasteiger charge is 2.34. The zero-order valence-electron chi connectivity index (χ0n) is 14.7. The lowest BCUT2D eigenvalue weighted by molar-refractivity contribution is 0.123. The summed E-state index contributed by atoms with van der Waals surface area (Å²) < 4.78 is 31.4. The summed E-state index contributed by atoms with van der Waals surface area (Å²) in [5.74, 6) is 3.71. The van der Waals surface area contributed by atoms with Crippen molar-refractivity contribution in [2.45, 2.75) is 12.8 Å². The molecule has 1 aromatic rings. The van der Waals surface area contributed by atoms with Gasteiger partial charge in [0, 0.05) is 0 Å². The van der Waals surface area contributed by atoms with Gasteiger partial charge in [0.05, 0.1) is 13.2 Å². The lowest BCUT2D eigenvalue weighted by Crippen LogP contribution is -2.17. The number of fused-ring (bicyclic) bond motifs is 3. The lowest BCUT2D eigenvalue weighted by atomic mass is 9.94.